The number of nitrogens with two attached hydrogens (primary N) is 1. The molecule has 0 aromatic heterocycles. The molecule has 2 nitrogen and oxygen atoms in total. The zero-order valence-electron chi connectivity index (χ0n) is 9.04. The topological polar surface area (TPSA) is 29.3 Å². The van der Waals surface area contributed by atoms with Crippen LogP contribution < -0.4 is 10.6 Å². The predicted octanol–water partition coefficient (Wildman–Crippen LogP) is 3.41. The van der Waals surface area contributed by atoms with Crippen molar-refractivity contribution in [2.45, 2.75) is 32.2 Å². The van der Waals surface area contributed by atoms with Gasteiger partial charge in [-0.05, 0) is 37.5 Å². The van der Waals surface area contributed by atoms with E-state index in [1.54, 1.807) is 0 Å². The molecule has 0 bridgehead atoms. The maximum Gasteiger partial charge on any atom is 0.0603 e. The summed E-state index contributed by atoms with van der Waals surface area (Å²) in [6, 6.07) is 6.85. The molecule has 2 rings (SSSR count). The van der Waals surface area contributed by atoms with Gasteiger partial charge in [0.05, 0.1) is 11.4 Å². The van der Waals surface area contributed by atoms with Crippen molar-refractivity contribution in [2.24, 2.45) is 0 Å². The highest BCUT2D eigenvalue weighted by molar-refractivity contribution is 9.10. The second-order valence-corrected chi connectivity index (χ2v) is 5.02. The van der Waals surface area contributed by atoms with Gasteiger partial charge in [-0.2, -0.15) is 0 Å². The van der Waals surface area contributed by atoms with E-state index in [1.165, 1.54) is 24.9 Å². The molecule has 3 heteroatoms. The van der Waals surface area contributed by atoms with Gasteiger partial charge in [-0.15, -0.1) is 0 Å². The first-order chi connectivity index (χ1) is 7.22. The highest BCUT2D eigenvalue weighted by Crippen LogP contribution is 2.33. The van der Waals surface area contributed by atoms with Gasteiger partial charge in [0.15, 0.2) is 0 Å². The lowest BCUT2D eigenvalue weighted by molar-refractivity contribution is 0.646. The fourth-order valence-electron chi connectivity index (χ4n) is 2.36. The standard InChI is InChI=1S/C12H17BrN2/c1-2-10-4-3-7-15(10)12-6-5-9(13)8-11(12)14/h5-6,8,10H,2-4,7,14H2,1H3. The van der Waals surface area contributed by atoms with Crippen LogP contribution in [0.4, 0.5) is 11.4 Å². The molecule has 15 heavy (non-hydrogen) atoms. The molecule has 1 aromatic carbocycles. The first-order valence-electron chi connectivity index (χ1n) is 5.54. The number of nitrogen functional groups attached to an aromatic ring is 1. The number of hydrogen-bond acceptors (Lipinski definition) is 2. The molecule has 1 aliphatic heterocycles. The summed E-state index contributed by atoms with van der Waals surface area (Å²) in [5.41, 5.74) is 8.12. The first kappa shape index (κ1) is 10.8. The summed E-state index contributed by atoms with van der Waals surface area (Å²) < 4.78 is 1.05. The SMILES string of the molecule is CCC1CCCN1c1ccc(Br)cc1N. The zero-order valence-corrected chi connectivity index (χ0v) is 10.6. The number of hydrogen-bond donors (Lipinski definition) is 1. The Labute approximate surface area is 99.6 Å². The van der Waals surface area contributed by atoms with Crippen molar-refractivity contribution < 1.29 is 0 Å². The van der Waals surface area contributed by atoms with Crippen LogP contribution in [-0.2, 0) is 0 Å². The van der Waals surface area contributed by atoms with Gasteiger partial charge >= 0.3 is 0 Å². The zero-order chi connectivity index (χ0) is 10.8. The van der Waals surface area contributed by atoms with Crippen LogP contribution in [0.2, 0.25) is 0 Å². The van der Waals surface area contributed by atoms with E-state index in [4.69, 9.17) is 5.73 Å². The average Bonchev–Trinajstić information content (AvgIpc) is 2.65. The fraction of sp³-hybridized carbons (Fsp3) is 0.500. The van der Waals surface area contributed by atoms with Crippen molar-refractivity contribution in [3.05, 3.63) is 22.7 Å². The number of rotatable bonds is 2. The van der Waals surface area contributed by atoms with Crippen LogP contribution >= 0.6 is 15.9 Å². The molecule has 0 amide bonds. The normalized spacial score (nSPS) is 20.9. The van der Waals surface area contributed by atoms with E-state index in [1.807, 2.05) is 6.07 Å². The maximum atomic E-state index is 6.05. The van der Waals surface area contributed by atoms with Crippen molar-refractivity contribution in [3.8, 4) is 0 Å². The molecule has 1 heterocycles. The van der Waals surface area contributed by atoms with Gasteiger partial charge < -0.3 is 10.6 Å². The summed E-state index contributed by atoms with van der Waals surface area (Å²) in [6.45, 7) is 3.39. The minimum atomic E-state index is 0.675. The van der Waals surface area contributed by atoms with Crippen molar-refractivity contribution in [2.75, 3.05) is 17.2 Å². The first-order valence-corrected chi connectivity index (χ1v) is 6.33. The van der Waals surface area contributed by atoms with Gasteiger partial charge in [-0.1, -0.05) is 22.9 Å². The Balaban J connectivity index is 2.28. The molecular weight excluding hydrogens is 252 g/mol. The molecule has 1 unspecified atom stereocenters. The molecule has 1 aromatic rings. The van der Waals surface area contributed by atoms with Crippen LogP contribution in [0.3, 0.4) is 0 Å². The number of benzene rings is 1. The lowest BCUT2D eigenvalue weighted by Crippen LogP contribution is -2.29. The minimum Gasteiger partial charge on any atom is -0.397 e. The van der Waals surface area contributed by atoms with E-state index in [0.29, 0.717) is 6.04 Å². The van der Waals surface area contributed by atoms with Gasteiger partial charge in [-0.3, -0.25) is 0 Å². The van der Waals surface area contributed by atoms with Crippen LogP contribution in [0, 0.1) is 0 Å². The van der Waals surface area contributed by atoms with Crippen molar-refractivity contribution >= 4 is 27.3 Å². The van der Waals surface area contributed by atoms with Crippen LogP contribution in [0.1, 0.15) is 26.2 Å². The van der Waals surface area contributed by atoms with Crippen molar-refractivity contribution in [1.29, 1.82) is 0 Å². The van der Waals surface area contributed by atoms with Crippen LogP contribution in [0.5, 0.6) is 0 Å². The number of anilines is 2. The number of nitrogens with zero attached hydrogens (tertiary/aromatic N) is 1. The Kier molecular flexibility index (Phi) is 3.19. The van der Waals surface area contributed by atoms with E-state index in [9.17, 15) is 0 Å². The predicted molar refractivity (Wildman–Crippen MR) is 69.2 cm³/mol. The van der Waals surface area contributed by atoms with E-state index in [0.717, 1.165) is 16.7 Å². The Hall–Kier alpha value is -0.700. The van der Waals surface area contributed by atoms with E-state index in [-0.39, 0.29) is 0 Å². The molecule has 0 radical (unpaired) electrons. The molecule has 0 spiro atoms. The molecule has 0 aliphatic carbocycles. The molecule has 0 saturated carbocycles. The summed E-state index contributed by atoms with van der Waals surface area (Å²) in [4.78, 5) is 2.45. The van der Waals surface area contributed by atoms with E-state index >= 15 is 0 Å². The quantitative estimate of drug-likeness (QED) is 0.834. The lowest BCUT2D eigenvalue weighted by atomic mass is 10.1. The van der Waals surface area contributed by atoms with Gasteiger partial charge in [0.1, 0.15) is 0 Å². The lowest BCUT2D eigenvalue weighted by Gasteiger charge is -2.27. The Bertz CT molecular complexity index is 351. The van der Waals surface area contributed by atoms with Crippen LogP contribution in [0.25, 0.3) is 0 Å². The van der Waals surface area contributed by atoms with E-state index < -0.39 is 0 Å². The Morgan fingerprint density at radius 1 is 1.53 bits per heavy atom. The minimum absolute atomic E-state index is 0.675. The largest absolute Gasteiger partial charge is 0.397 e. The highest BCUT2D eigenvalue weighted by Gasteiger charge is 2.24. The second-order valence-electron chi connectivity index (χ2n) is 4.10. The summed E-state index contributed by atoms with van der Waals surface area (Å²) in [5.74, 6) is 0. The van der Waals surface area contributed by atoms with Gasteiger partial charge in [0, 0.05) is 17.1 Å². The molecule has 1 fully saturated rings. The Morgan fingerprint density at radius 2 is 2.33 bits per heavy atom. The van der Waals surface area contributed by atoms with Gasteiger partial charge in [0.25, 0.3) is 0 Å². The van der Waals surface area contributed by atoms with Gasteiger partial charge in [0.2, 0.25) is 0 Å². The summed E-state index contributed by atoms with van der Waals surface area (Å²) in [5, 5.41) is 0. The highest BCUT2D eigenvalue weighted by atomic mass is 79.9. The molecule has 82 valence electrons. The molecular formula is C12H17BrN2. The molecule has 1 aliphatic rings. The summed E-state index contributed by atoms with van der Waals surface area (Å²) >= 11 is 3.44. The fourth-order valence-corrected chi connectivity index (χ4v) is 2.74. The average molecular weight is 269 g/mol. The van der Waals surface area contributed by atoms with Crippen LogP contribution in [-0.4, -0.2) is 12.6 Å². The Morgan fingerprint density at radius 3 is 3.00 bits per heavy atom. The van der Waals surface area contributed by atoms with E-state index in [2.05, 4.69) is 39.9 Å². The number of halogens is 1. The third-order valence-electron chi connectivity index (χ3n) is 3.15. The van der Waals surface area contributed by atoms with Crippen molar-refractivity contribution in [1.82, 2.24) is 0 Å². The van der Waals surface area contributed by atoms with Crippen molar-refractivity contribution in [3.63, 3.8) is 0 Å². The van der Waals surface area contributed by atoms with Crippen LogP contribution in [0.15, 0.2) is 22.7 Å². The molecule has 1 atom stereocenters. The summed E-state index contributed by atoms with van der Waals surface area (Å²) in [6.07, 6.45) is 3.79. The monoisotopic (exact) mass is 268 g/mol. The van der Waals surface area contributed by atoms with Gasteiger partial charge in [-0.25, -0.2) is 0 Å². The summed E-state index contributed by atoms with van der Waals surface area (Å²) in [7, 11) is 0. The third kappa shape index (κ3) is 2.12. The maximum absolute atomic E-state index is 6.05. The molecule has 2 N–H and O–H groups in total. The third-order valence-corrected chi connectivity index (χ3v) is 3.64. The second kappa shape index (κ2) is 4.44. The molecule has 1 saturated heterocycles. The smallest absolute Gasteiger partial charge is 0.0603 e.